The van der Waals surface area contributed by atoms with E-state index >= 15 is 0 Å². The number of nitrogens with zero attached hydrogens (tertiary/aromatic N) is 1. The first-order valence-electron chi connectivity index (χ1n) is 6.70. The highest BCUT2D eigenvalue weighted by Crippen LogP contribution is 2.29. The summed E-state index contributed by atoms with van der Waals surface area (Å²) in [6.07, 6.45) is 1.75. The van der Waals surface area contributed by atoms with Gasteiger partial charge >= 0.3 is 0 Å². The number of pyridine rings is 1. The molecule has 21 heavy (non-hydrogen) atoms. The van der Waals surface area contributed by atoms with Crippen molar-refractivity contribution in [2.24, 2.45) is 0 Å². The summed E-state index contributed by atoms with van der Waals surface area (Å²) >= 11 is 6.16. The lowest BCUT2D eigenvalue weighted by molar-refractivity contribution is 0.626. The van der Waals surface area contributed by atoms with Crippen LogP contribution < -0.4 is 5.32 Å². The molecule has 0 aliphatic carbocycles. The second kappa shape index (κ2) is 5.70. The Balaban J connectivity index is 1.95. The molecule has 3 rings (SSSR count). The largest absolute Gasteiger partial charge is 0.377 e. The van der Waals surface area contributed by atoms with Gasteiger partial charge in [0, 0.05) is 22.6 Å². The second-order valence-corrected chi connectivity index (χ2v) is 5.38. The van der Waals surface area contributed by atoms with Crippen LogP contribution in [0.1, 0.15) is 18.5 Å². The number of benzene rings is 2. The summed E-state index contributed by atoms with van der Waals surface area (Å²) in [5.41, 5.74) is 2.74. The summed E-state index contributed by atoms with van der Waals surface area (Å²) < 4.78 is 13.0. The van der Waals surface area contributed by atoms with Gasteiger partial charge in [0.05, 0.1) is 11.2 Å². The fraction of sp³-hybridized carbons (Fsp3) is 0.118. The average Bonchev–Trinajstić information content (AvgIpc) is 2.47. The van der Waals surface area contributed by atoms with Crippen molar-refractivity contribution in [2.75, 3.05) is 5.32 Å². The SMILES string of the molecule is CC(Nc1cc(Cl)cc2cccnc12)c1ccc(F)cc1. The number of aromatic nitrogens is 1. The van der Waals surface area contributed by atoms with Crippen LogP contribution in [0.2, 0.25) is 5.02 Å². The molecular weight excluding hydrogens is 287 g/mol. The minimum absolute atomic E-state index is 0.0225. The first-order chi connectivity index (χ1) is 10.1. The minimum Gasteiger partial charge on any atom is -0.377 e. The van der Waals surface area contributed by atoms with E-state index in [9.17, 15) is 4.39 Å². The van der Waals surface area contributed by atoms with E-state index in [4.69, 9.17) is 11.6 Å². The van der Waals surface area contributed by atoms with Gasteiger partial charge in [0.1, 0.15) is 5.82 Å². The lowest BCUT2D eigenvalue weighted by atomic mass is 10.1. The molecule has 0 radical (unpaired) electrons. The molecule has 0 saturated heterocycles. The molecule has 1 heterocycles. The van der Waals surface area contributed by atoms with Gasteiger partial charge in [0.2, 0.25) is 0 Å². The number of anilines is 1. The van der Waals surface area contributed by atoms with Crippen LogP contribution in [-0.2, 0) is 0 Å². The maximum Gasteiger partial charge on any atom is 0.123 e. The summed E-state index contributed by atoms with van der Waals surface area (Å²) in [6.45, 7) is 2.02. The van der Waals surface area contributed by atoms with Crippen molar-refractivity contribution in [3.8, 4) is 0 Å². The lowest BCUT2D eigenvalue weighted by Gasteiger charge is -2.17. The zero-order valence-corrected chi connectivity index (χ0v) is 12.2. The first kappa shape index (κ1) is 13.8. The minimum atomic E-state index is -0.235. The molecule has 106 valence electrons. The third-order valence-corrected chi connectivity index (χ3v) is 3.63. The molecule has 0 saturated carbocycles. The molecular formula is C17H14ClFN2. The molecule has 4 heteroatoms. The van der Waals surface area contributed by atoms with Crippen LogP contribution >= 0.6 is 11.6 Å². The highest BCUT2D eigenvalue weighted by Gasteiger charge is 2.09. The van der Waals surface area contributed by atoms with Gasteiger partial charge in [0.15, 0.2) is 0 Å². The zero-order valence-electron chi connectivity index (χ0n) is 11.5. The third-order valence-electron chi connectivity index (χ3n) is 3.41. The molecule has 0 spiro atoms. The van der Waals surface area contributed by atoms with Gasteiger partial charge in [-0.15, -0.1) is 0 Å². The fourth-order valence-corrected chi connectivity index (χ4v) is 2.56. The van der Waals surface area contributed by atoms with Gasteiger partial charge in [-0.05, 0) is 42.8 Å². The van der Waals surface area contributed by atoms with Gasteiger partial charge in [-0.2, -0.15) is 0 Å². The van der Waals surface area contributed by atoms with Crippen LogP contribution in [0.3, 0.4) is 0 Å². The predicted octanol–water partition coefficient (Wildman–Crippen LogP) is 5.20. The van der Waals surface area contributed by atoms with Gasteiger partial charge in [0.25, 0.3) is 0 Å². The predicted molar refractivity (Wildman–Crippen MR) is 85.2 cm³/mol. The van der Waals surface area contributed by atoms with Gasteiger partial charge in [-0.1, -0.05) is 29.8 Å². The Labute approximate surface area is 127 Å². The smallest absolute Gasteiger partial charge is 0.123 e. The molecule has 3 aromatic rings. The van der Waals surface area contributed by atoms with Gasteiger partial charge in [-0.25, -0.2) is 4.39 Å². The van der Waals surface area contributed by atoms with Crippen LogP contribution in [0.15, 0.2) is 54.7 Å². The molecule has 0 aliphatic rings. The quantitative estimate of drug-likeness (QED) is 0.719. The van der Waals surface area contributed by atoms with Crippen molar-refractivity contribution in [1.82, 2.24) is 4.98 Å². The van der Waals surface area contributed by atoms with Crippen molar-refractivity contribution in [1.29, 1.82) is 0 Å². The van der Waals surface area contributed by atoms with E-state index < -0.39 is 0 Å². The Bertz CT molecular complexity index is 771. The Morgan fingerprint density at radius 3 is 2.67 bits per heavy atom. The van der Waals surface area contributed by atoms with E-state index in [-0.39, 0.29) is 11.9 Å². The summed E-state index contributed by atoms with van der Waals surface area (Å²) in [7, 11) is 0. The van der Waals surface area contributed by atoms with Gasteiger partial charge < -0.3 is 5.32 Å². The lowest BCUT2D eigenvalue weighted by Crippen LogP contribution is -2.07. The number of nitrogens with one attached hydrogen (secondary N) is 1. The van der Waals surface area contributed by atoms with Crippen LogP contribution in [0.4, 0.5) is 10.1 Å². The number of hydrogen-bond acceptors (Lipinski definition) is 2. The molecule has 1 aromatic heterocycles. The molecule has 1 N–H and O–H groups in total. The summed E-state index contributed by atoms with van der Waals surface area (Å²) in [6, 6.07) is 14.1. The Morgan fingerprint density at radius 2 is 1.90 bits per heavy atom. The Hall–Kier alpha value is -2.13. The summed E-state index contributed by atoms with van der Waals surface area (Å²) in [5, 5.41) is 5.03. The van der Waals surface area contributed by atoms with Crippen molar-refractivity contribution >= 4 is 28.2 Å². The topological polar surface area (TPSA) is 24.9 Å². The van der Waals surface area contributed by atoms with Crippen molar-refractivity contribution < 1.29 is 4.39 Å². The highest BCUT2D eigenvalue weighted by atomic mass is 35.5. The maximum atomic E-state index is 13.0. The molecule has 0 amide bonds. The molecule has 2 nitrogen and oxygen atoms in total. The van der Waals surface area contributed by atoms with Crippen LogP contribution in [0, 0.1) is 5.82 Å². The van der Waals surface area contributed by atoms with Crippen molar-refractivity contribution in [3.63, 3.8) is 0 Å². The van der Waals surface area contributed by atoms with Crippen LogP contribution in [-0.4, -0.2) is 4.98 Å². The molecule has 1 atom stereocenters. The molecule has 1 unspecified atom stereocenters. The first-order valence-corrected chi connectivity index (χ1v) is 7.07. The average molecular weight is 301 g/mol. The zero-order chi connectivity index (χ0) is 14.8. The molecule has 2 aromatic carbocycles. The summed E-state index contributed by atoms with van der Waals surface area (Å²) in [5.74, 6) is -0.235. The molecule has 0 aliphatic heterocycles. The maximum absolute atomic E-state index is 13.0. The van der Waals surface area contributed by atoms with Crippen molar-refractivity contribution in [2.45, 2.75) is 13.0 Å². The van der Waals surface area contributed by atoms with E-state index in [2.05, 4.69) is 10.3 Å². The van der Waals surface area contributed by atoms with E-state index in [1.54, 1.807) is 18.3 Å². The van der Waals surface area contributed by atoms with Crippen molar-refractivity contribution in [3.05, 3.63) is 71.1 Å². The monoisotopic (exact) mass is 300 g/mol. The Morgan fingerprint density at radius 1 is 1.14 bits per heavy atom. The fourth-order valence-electron chi connectivity index (χ4n) is 2.33. The van der Waals surface area contributed by atoms with E-state index in [1.165, 1.54) is 12.1 Å². The number of halogens is 2. The van der Waals surface area contributed by atoms with Gasteiger partial charge in [-0.3, -0.25) is 4.98 Å². The highest BCUT2D eigenvalue weighted by molar-refractivity contribution is 6.31. The van der Waals surface area contributed by atoms with Crippen LogP contribution in [0.25, 0.3) is 10.9 Å². The Kier molecular flexibility index (Phi) is 3.76. The third kappa shape index (κ3) is 2.98. The molecule has 0 bridgehead atoms. The van der Waals surface area contributed by atoms with Crippen LogP contribution in [0.5, 0.6) is 0 Å². The number of rotatable bonds is 3. The molecule has 0 fully saturated rings. The second-order valence-electron chi connectivity index (χ2n) is 4.95. The number of fused-ring (bicyclic) bond motifs is 1. The number of hydrogen-bond donors (Lipinski definition) is 1. The van der Waals surface area contributed by atoms with E-state index in [1.807, 2.05) is 31.2 Å². The summed E-state index contributed by atoms with van der Waals surface area (Å²) in [4.78, 5) is 4.40. The van der Waals surface area contributed by atoms with E-state index in [0.29, 0.717) is 5.02 Å². The normalized spacial score (nSPS) is 12.3. The standard InChI is InChI=1S/C17H14ClFN2/c1-11(12-4-6-15(19)7-5-12)21-16-10-14(18)9-13-3-2-8-20-17(13)16/h2-11,21H,1H3. The van der Waals surface area contributed by atoms with E-state index in [0.717, 1.165) is 22.2 Å².